The van der Waals surface area contributed by atoms with E-state index >= 15 is 0 Å². The van der Waals surface area contributed by atoms with Gasteiger partial charge in [0.1, 0.15) is 0 Å². The molecule has 0 saturated carbocycles. The Labute approximate surface area is 126 Å². The van der Waals surface area contributed by atoms with Crippen molar-refractivity contribution in [1.82, 2.24) is 4.90 Å². The van der Waals surface area contributed by atoms with Crippen molar-refractivity contribution in [2.24, 2.45) is 5.73 Å². The Morgan fingerprint density at radius 2 is 2.00 bits per heavy atom. The molecule has 0 aliphatic rings. The van der Waals surface area contributed by atoms with E-state index in [0.29, 0.717) is 18.7 Å². The molecular formula is C16H25N3O2. The van der Waals surface area contributed by atoms with Crippen LogP contribution in [0.1, 0.15) is 38.7 Å². The molecule has 0 unspecified atom stereocenters. The highest BCUT2D eigenvalue weighted by Crippen LogP contribution is 2.17. The minimum atomic E-state index is -0.497. The standard InChI is InChI=1S/C16H25N3O2/c1-4-5-9-14(17)16(21)18-15-10-7-6-8-13(15)11-19(3)12(2)20/h6-8,10,14H,4-5,9,11,17H2,1-3H3,(H,18,21)/t14-/m0/s1. The first-order chi connectivity index (χ1) is 9.95. The van der Waals surface area contributed by atoms with Gasteiger partial charge in [-0.3, -0.25) is 9.59 Å². The van der Waals surface area contributed by atoms with Crippen molar-refractivity contribution in [3.8, 4) is 0 Å². The highest BCUT2D eigenvalue weighted by molar-refractivity contribution is 5.95. The van der Waals surface area contributed by atoms with Crippen LogP contribution in [0.5, 0.6) is 0 Å². The van der Waals surface area contributed by atoms with Crippen molar-refractivity contribution in [2.75, 3.05) is 12.4 Å². The fraction of sp³-hybridized carbons (Fsp3) is 0.500. The summed E-state index contributed by atoms with van der Waals surface area (Å²) in [7, 11) is 1.73. The SMILES string of the molecule is CCCC[C@H](N)C(=O)Nc1ccccc1CN(C)C(C)=O. The number of benzene rings is 1. The van der Waals surface area contributed by atoms with E-state index in [-0.39, 0.29) is 11.8 Å². The smallest absolute Gasteiger partial charge is 0.241 e. The average Bonchev–Trinajstić information content (AvgIpc) is 2.46. The van der Waals surface area contributed by atoms with Gasteiger partial charge in [0.15, 0.2) is 0 Å². The summed E-state index contributed by atoms with van der Waals surface area (Å²) in [4.78, 5) is 25.0. The van der Waals surface area contributed by atoms with Crippen molar-refractivity contribution < 1.29 is 9.59 Å². The largest absolute Gasteiger partial charge is 0.342 e. The first-order valence-corrected chi connectivity index (χ1v) is 7.31. The normalized spacial score (nSPS) is 11.8. The van der Waals surface area contributed by atoms with Gasteiger partial charge >= 0.3 is 0 Å². The van der Waals surface area contributed by atoms with E-state index in [2.05, 4.69) is 12.2 Å². The van der Waals surface area contributed by atoms with E-state index in [9.17, 15) is 9.59 Å². The molecule has 2 amide bonds. The molecule has 0 aliphatic carbocycles. The minimum Gasteiger partial charge on any atom is -0.342 e. The molecule has 1 aromatic rings. The molecule has 1 rings (SSSR count). The summed E-state index contributed by atoms with van der Waals surface area (Å²) in [6.07, 6.45) is 2.63. The summed E-state index contributed by atoms with van der Waals surface area (Å²) < 4.78 is 0. The van der Waals surface area contributed by atoms with Crippen LogP contribution in [0.3, 0.4) is 0 Å². The lowest BCUT2D eigenvalue weighted by molar-refractivity contribution is -0.128. The van der Waals surface area contributed by atoms with Gasteiger partial charge in [-0.05, 0) is 18.1 Å². The van der Waals surface area contributed by atoms with E-state index in [4.69, 9.17) is 5.73 Å². The van der Waals surface area contributed by atoms with Gasteiger partial charge in [-0.15, -0.1) is 0 Å². The molecule has 0 spiro atoms. The lowest BCUT2D eigenvalue weighted by atomic mass is 10.1. The van der Waals surface area contributed by atoms with Crippen LogP contribution >= 0.6 is 0 Å². The van der Waals surface area contributed by atoms with E-state index < -0.39 is 6.04 Å². The van der Waals surface area contributed by atoms with Crippen LogP contribution < -0.4 is 11.1 Å². The molecule has 1 atom stereocenters. The number of anilines is 1. The molecule has 116 valence electrons. The number of nitrogens with one attached hydrogen (secondary N) is 1. The van der Waals surface area contributed by atoms with Gasteiger partial charge in [0.2, 0.25) is 11.8 Å². The van der Waals surface area contributed by atoms with E-state index in [1.54, 1.807) is 11.9 Å². The molecule has 3 N–H and O–H groups in total. The molecule has 1 aromatic carbocycles. The zero-order valence-electron chi connectivity index (χ0n) is 13.1. The molecular weight excluding hydrogens is 266 g/mol. The van der Waals surface area contributed by atoms with E-state index in [1.165, 1.54) is 6.92 Å². The molecule has 0 bridgehead atoms. The van der Waals surface area contributed by atoms with Crippen LogP contribution in [0.4, 0.5) is 5.69 Å². The lowest BCUT2D eigenvalue weighted by Crippen LogP contribution is -2.36. The maximum Gasteiger partial charge on any atom is 0.241 e. The van der Waals surface area contributed by atoms with Gasteiger partial charge in [-0.1, -0.05) is 38.0 Å². The predicted octanol–water partition coefficient (Wildman–Crippen LogP) is 2.12. The Morgan fingerprint density at radius 1 is 1.33 bits per heavy atom. The van der Waals surface area contributed by atoms with Crippen LogP contribution in [0, 0.1) is 0 Å². The number of carbonyl (C=O) groups excluding carboxylic acids is 2. The summed E-state index contributed by atoms with van der Waals surface area (Å²) in [5.41, 5.74) is 7.48. The number of carbonyl (C=O) groups is 2. The topological polar surface area (TPSA) is 75.4 Å². The Hall–Kier alpha value is -1.88. The lowest BCUT2D eigenvalue weighted by Gasteiger charge is -2.19. The van der Waals surface area contributed by atoms with Gasteiger partial charge in [0.05, 0.1) is 6.04 Å². The Morgan fingerprint density at radius 3 is 2.62 bits per heavy atom. The minimum absolute atomic E-state index is 0.0178. The zero-order chi connectivity index (χ0) is 15.8. The number of nitrogens with zero attached hydrogens (tertiary/aromatic N) is 1. The fourth-order valence-electron chi connectivity index (χ4n) is 1.93. The number of nitrogens with two attached hydrogens (primary N) is 1. The Kier molecular flexibility index (Phi) is 6.88. The van der Waals surface area contributed by atoms with Gasteiger partial charge in [0, 0.05) is 26.2 Å². The van der Waals surface area contributed by atoms with Gasteiger partial charge in [-0.25, -0.2) is 0 Å². The summed E-state index contributed by atoms with van der Waals surface area (Å²) in [6.45, 7) is 4.04. The number of amides is 2. The predicted molar refractivity (Wildman–Crippen MR) is 84.7 cm³/mol. The third-order valence-corrected chi connectivity index (χ3v) is 3.43. The van der Waals surface area contributed by atoms with Crippen molar-refractivity contribution in [3.63, 3.8) is 0 Å². The van der Waals surface area contributed by atoms with E-state index in [0.717, 1.165) is 18.4 Å². The molecule has 5 nitrogen and oxygen atoms in total. The van der Waals surface area contributed by atoms with Crippen LogP contribution in [0.2, 0.25) is 0 Å². The number of para-hydroxylation sites is 1. The van der Waals surface area contributed by atoms with Gasteiger partial charge < -0.3 is 16.0 Å². The highest BCUT2D eigenvalue weighted by Gasteiger charge is 2.15. The third-order valence-electron chi connectivity index (χ3n) is 3.43. The first kappa shape index (κ1) is 17.2. The molecule has 0 radical (unpaired) electrons. The van der Waals surface area contributed by atoms with Crippen molar-refractivity contribution >= 4 is 17.5 Å². The van der Waals surface area contributed by atoms with Crippen LogP contribution in [0.25, 0.3) is 0 Å². The van der Waals surface area contributed by atoms with Gasteiger partial charge in [0.25, 0.3) is 0 Å². The molecule has 0 fully saturated rings. The van der Waals surface area contributed by atoms with Crippen LogP contribution in [0.15, 0.2) is 24.3 Å². The average molecular weight is 291 g/mol. The second-order valence-electron chi connectivity index (χ2n) is 5.27. The van der Waals surface area contributed by atoms with Gasteiger partial charge in [-0.2, -0.15) is 0 Å². The van der Waals surface area contributed by atoms with Crippen molar-refractivity contribution in [1.29, 1.82) is 0 Å². The molecule has 0 aromatic heterocycles. The fourth-order valence-corrected chi connectivity index (χ4v) is 1.93. The van der Waals surface area contributed by atoms with Crippen molar-refractivity contribution in [3.05, 3.63) is 29.8 Å². The maximum absolute atomic E-state index is 12.1. The number of hydrogen-bond acceptors (Lipinski definition) is 3. The number of hydrogen-bond donors (Lipinski definition) is 2. The quantitative estimate of drug-likeness (QED) is 0.808. The highest BCUT2D eigenvalue weighted by atomic mass is 16.2. The zero-order valence-corrected chi connectivity index (χ0v) is 13.1. The number of unbranched alkanes of at least 4 members (excludes halogenated alkanes) is 1. The monoisotopic (exact) mass is 291 g/mol. The summed E-state index contributed by atoms with van der Waals surface area (Å²) >= 11 is 0. The third kappa shape index (κ3) is 5.55. The second kappa shape index (κ2) is 8.42. The Balaban J connectivity index is 2.74. The Bertz CT molecular complexity index is 488. The second-order valence-corrected chi connectivity index (χ2v) is 5.27. The van der Waals surface area contributed by atoms with Crippen LogP contribution in [-0.4, -0.2) is 29.8 Å². The molecule has 0 saturated heterocycles. The molecule has 21 heavy (non-hydrogen) atoms. The summed E-state index contributed by atoms with van der Waals surface area (Å²) in [5, 5.41) is 2.86. The molecule has 0 aliphatic heterocycles. The summed E-state index contributed by atoms with van der Waals surface area (Å²) in [6, 6.07) is 6.96. The van der Waals surface area contributed by atoms with Crippen molar-refractivity contribution in [2.45, 2.75) is 45.7 Å². The molecule has 5 heteroatoms. The van der Waals surface area contributed by atoms with Crippen LogP contribution in [-0.2, 0) is 16.1 Å². The number of rotatable bonds is 7. The summed E-state index contributed by atoms with van der Waals surface area (Å²) in [5.74, 6) is -0.197. The first-order valence-electron chi connectivity index (χ1n) is 7.31. The molecule has 0 heterocycles. The van der Waals surface area contributed by atoms with E-state index in [1.807, 2.05) is 24.3 Å². The maximum atomic E-state index is 12.1.